The molecule has 0 aliphatic carbocycles. The molecular formula is C6H5NSe2. The van der Waals surface area contributed by atoms with Crippen LogP contribution in [0.1, 0.15) is 0 Å². The van der Waals surface area contributed by atoms with Crippen LogP contribution in [0.15, 0.2) is 24.3 Å². The fourth-order valence-electron chi connectivity index (χ4n) is 0.734. The third kappa shape index (κ3) is 1.02. The zero-order chi connectivity index (χ0) is 6.10. The molecule has 2 rings (SSSR count). The van der Waals surface area contributed by atoms with Gasteiger partial charge in [0.1, 0.15) is 0 Å². The molecule has 0 saturated heterocycles. The van der Waals surface area contributed by atoms with Crippen LogP contribution in [0.25, 0.3) is 0 Å². The summed E-state index contributed by atoms with van der Waals surface area (Å²) in [4.78, 5) is 0. The summed E-state index contributed by atoms with van der Waals surface area (Å²) in [6.07, 6.45) is 0. The van der Waals surface area contributed by atoms with Gasteiger partial charge in [-0.1, -0.05) is 0 Å². The molecule has 1 aromatic rings. The minimum absolute atomic E-state index is 0.691. The number of hydrogen-bond donors (Lipinski definition) is 1. The summed E-state index contributed by atoms with van der Waals surface area (Å²) >= 11 is 1.44. The fraction of sp³-hybridized carbons (Fsp3) is 0. The van der Waals surface area contributed by atoms with Crippen LogP contribution in [0.3, 0.4) is 0 Å². The van der Waals surface area contributed by atoms with E-state index in [1.54, 1.807) is 4.46 Å². The molecule has 0 radical (unpaired) electrons. The SMILES string of the molecule is c1ccc2c(c1)N[Se][Se]2. The summed E-state index contributed by atoms with van der Waals surface area (Å²) in [7, 11) is 0. The molecule has 0 saturated carbocycles. The van der Waals surface area contributed by atoms with Crippen LogP contribution >= 0.6 is 0 Å². The Kier molecular flexibility index (Phi) is 1.52. The van der Waals surface area contributed by atoms with Crippen molar-refractivity contribution in [2.45, 2.75) is 0 Å². The molecule has 1 aliphatic heterocycles. The van der Waals surface area contributed by atoms with Crippen molar-refractivity contribution >= 4 is 36.6 Å². The van der Waals surface area contributed by atoms with E-state index in [1.807, 2.05) is 0 Å². The molecule has 0 aromatic heterocycles. The Balaban J connectivity index is 2.54. The molecule has 0 fully saturated rings. The summed E-state index contributed by atoms with van der Waals surface area (Å²) in [6, 6.07) is 8.58. The van der Waals surface area contributed by atoms with Crippen LogP contribution in [-0.2, 0) is 0 Å². The summed E-state index contributed by atoms with van der Waals surface area (Å²) < 4.78 is 4.94. The van der Waals surface area contributed by atoms with Crippen LogP contribution in [0.4, 0.5) is 5.69 Å². The van der Waals surface area contributed by atoms with Gasteiger partial charge in [-0.25, -0.2) is 0 Å². The number of anilines is 1. The predicted molar refractivity (Wildman–Crippen MR) is 41.2 cm³/mol. The first kappa shape index (κ1) is 5.81. The summed E-state index contributed by atoms with van der Waals surface area (Å²) in [5.41, 5.74) is 1.37. The van der Waals surface area contributed by atoms with Gasteiger partial charge in [-0.15, -0.1) is 0 Å². The van der Waals surface area contributed by atoms with Crippen molar-refractivity contribution < 1.29 is 0 Å². The van der Waals surface area contributed by atoms with E-state index < -0.39 is 0 Å². The Bertz CT molecular complexity index is 201. The third-order valence-corrected chi connectivity index (χ3v) is 6.88. The van der Waals surface area contributed by atoms with Crippen LogP contribution in [-0.4, -0.2) is 26.5 Å². The van der Waals surface area contributed by atoms with Gasteiger partial charge in [0.25, 0.3) is 0 Å². The molecule has 0 bridgehead atoms. The summed E-state index contributed by atoms with van der Waals surface area (Å²) in [5.74, 6) is 0. The monoisotopic (exact) mass is 251 g/mol. The van der Waals surface area contributed by atoms with Gasteiger partial charge < -0.3 is 0 Å². The number of rotatable bonds is 0. The molecular weight excluding hydrogens is 244 g/mol. The average Bonchev–Trinajstić information content (AvgIpc) is 2.33. The molecule has 1 heterocycles. The van der Waals surface area contributed by atoms with Crippen molar-refractivity contribution in [3.63, 3.8) is 0 Å². The standard InChI is InChI=1S/C6H5NSe2/c1-2-4-6-5(3-1)7-9-8-6/h1-4,7H. The Morgan fingerprint density at radius 1 is 1.22 bits per heavy atom. The van der Waals surface area contributed by atoms with Gasteiger partial charge >= 0.3 is 65.2 Å². The number of para-hydroxylation sites is 1. The zero-order valence-electron chi connectivity index (χ0n) is 4.63. The Hall–Kier alpha value is 0.0590. The maximum absolute atomic E-state index is 3.39. The number of nitrogens with one attached hydrogen (secondary N) is 1. The Labute approximate surface area is 65.3 Å². The Morgan fingerprint density at radius 3 is 3.00 bits per heavy atom. The van der Waals surface area contributed by atoms with E-state index >= 15 is 0 Å². The molecule has 46 valence electrons. The van der Waals surface area contributed by atoms with E-state index in [1.165, 1.54) is 5.69 Å². The molecule has 0 spiro atoms. The topological polar surface area (TPSA) is 12.0 Å². The van der Waals surface area contributed by atoms with E-state index in [4.69, 9.17) is 0 Å². The molecule has 0 atom stereocenters. The van der Waals surface area contributed by atoms with Crippen LogP contribution < -0.4 is 8.79 Å². The summed E-state index contributed by atoms with van der Waals surface area (Å²) in [5, 5.41) is 0. The van der Waals surface area contributed by atoms with Crippen molar-refractivity contribution in [2.24, 2.45) is 0 Å². The van der Waals surface area contributed by atoms with E-state index in [9.17, 15) is 0 Å². The molecule has 1 aromatic carbocycles. The number of fused-ring (bicyclic) bond motifs is 1. The van der Waals surface area contributed by atoms with Gasteiger partial charge in [0.05, 0.1) is 0 Å². The van der Waals surface area contributed by atoms with Crippen molar-refractivity contribution in [1.29, 1.82) is 0 Å². The first-order valence-electron chi connectivity index (χ1n) is 2.65. The minimum atomic E-state index is 0.691. The molecule has 1 N–H and O–H groups in total. The second kappa shape index (κ2) is 2.35. The van der Waals surface area contributed by atoms with Gasteiger partial charge in [0, 0.05) is 0 Å². The van der Waals surface area contributed by atoms with Gasteiger partial charge in [-0.2, -0.15) is 0 Å². The van der Waals surface area contributed by atoms with Crippen LogP contribution in [0.2, 0.25) is 0 Å². The second-order valence-electron chi connectivity index (χ2n) is 1.76. The molecule has 1 nitrogen and oxygen atoms in total. The van der Waals surface area contributed by atoms with Gasteiger partial charge in [0.2, 0.25) is 0 Å². The van der Waals surface area contributed by atoms with Crippen molar-refractivity contribution in [2.75, 3.05) is 4.33 Å². The third-order valence-electron chi connectivity index (χ3n) is 1.17. The fourth-order valence-corrected chi connectivity index (χ4v) is 6.62. The normalized spacial score (nSPS) is 14.7. The van der Waals surface area contributed by atoms with Crippen molar-refractivity contribution in [1.82, 2.24) is 0 Å². The average molecular weight is 249 g/mol. The molecule has 9 heavy (non-hydrogen) atoms. The van der Waals surface area contributed by atoms with Crippen molar-refractivity contribution in [3.05, 3.63) is 24.3 Å². The molecule has 0 amide bonds. The first-order valence-corrected chi connectivity index (χ1v) is 8.70. The number of hydrogen-bond acceptors (Lipinski definition) is 1. The summed E-state index contributed by atoms with van der Waals surface area (Å²) in [6.45, 7) is 0. The van der Waals surface area contributed by atoms with Crippen LogP contribution in [0, 0.1) is 0 Å². The van der Waals surface area contributed by atoms with Crippen LogP contribution in [0.5, 0.6) is 0 Å². The van der Waals surface area contributed by atoms with E-state index in [-0.39, 0.29) is 0 Å². The van der Waals surface area contributed by atoms with E-state index in [2.05, 4.69) is 28.6 Å². The first-order chi connectivity index (χ1) is 4.47. The van der Waals surface area contributed by atoms with E-state index in [0.29, 0.717) is 13.3 Å². The van der Waals surface area contributed by atoms with Gasteiger partial charge in [0.15, 0.2) is 0 Å². The molecule has 0 unspecified atom stereocenters. The number of benzene rings is 1. The maximum atomic E-state index is 3.39. The zero-order valence-corrected chi connectivity index (χ0v) is 8.05. The van der Waals surface area contributed by atoms with Crippen molar-refractivity contribution in [3.8, 4) is 0 Å². The van der Waals surface area contributed by atoms with Gasteiger partial charge in [-0.3, -0.25) is 0 Å². The predicted octanol–water partition coefficient (Wildman–Crippen LogP) is -0.0242. The quantitative estimate of drug-likeness (QED) is 0.637. The molecule has 3 heteroatoms. The Morgan fingerprint density at radius 2 is 2.11 bits per heavy atom. The second-order valence-corrected chi connectivity index (χ2v) is 7.45. The van der Waals surface area contributed by atoms with E-state index in [0.717, 1.165) is 13.1 Å². The molecule has 1 aliphatic rings. The van der Waals surface area contributed by atoms with Gasteiger partial charge in [-0.05, 0) is 0 Å².